The molecule has 10 nitrogen and oxygen atoms in total. The number of piperidine rings is 2. The molecule has 2 aliphatic heterocycles. The number of carbonyl (C=O) groups is 1. The van der Waals surface area contributed by atoms with Crippen molar-refractivity contribution in [2.75, 3.05) is 36.4 Å². The molecule has 0 unspecified atom stereocenters. The Kier molecular flexibility index (Phi) is 6.20. The summed E-state index contributed by atoms with van der Waals surface area (Å²) in [6, 6.07) is 8.09. The van der Waals surface area contributed by atoms with Gasteiger partial charge in [0.25, 0.3) is 0 Å². The summed E-state index contributed by atoms with van der Waals surface area (Å²) in [5, 5.41) is 18.9. The number of nitrogens with zero attached hydrogens (tertiary/aromatic N) is 5. The van der Waals surface area contributed by atoms with E-state index >= 15 is 0 Å². The minimum Gasteiger partial charge on any atom is -0.340 e. The van der Waals surface area contributed by atoms with Crippen LogP contribution in [0.15, 0.2) is 29.2 Å². The lowest BCUT2D eigenvalue weighted by molar-refractivity contribution is -0.121. The Hall–Kier alpha value is -2.97. The molecule has 2 aliphatic rings. The number of hydrogen-bond donors (Lipinski definition) is 2. The van der Waals surface area contributed by atoms with Gasteiger partial charge >= 0.3 is 0 Å². The van der Waals surface area contributed by atoms with Crippen molar-refractivity contribution in [2.24, 2.45) is 5.92 Å². The van der Waals surface area contributed by atoms with Crippen LogP contribution in [0.2, 0.25) is 0 Å². The molecule has 1 amide bonds. The van der Waals surface area contributed by atoms with E-state index in [9.17, 15) is 18.5 Å². The van der Waals surface area contributed by atoms with Crippen LogP contribution in [0.5, 0.6) is 0 Å². The Morgan fingerprint density at radius 2 is 1.84 bits per heavy atom. The van der Waals surface area contributed by atoms with E-state index in [1.54, 1.807) is 12.1 Å². The first kappa shape index (κ1) is 21.3. The fourth-order valence-corrected chi connectivity index (χ4v) is 5.66. The molecule has 0 aliphatic carbocycles. The van der Waals surface area contributed by atoms with E-state index in [2.05, 4.69) is 25.4 Å². The maximum Gasteiger partial charge on any atom is 0.246 e. The van der Waals surface area contributed by atoms with Gasteiger partial charge in [0.15, 0.2) is 0 Å². The molecule has 0 bridgehead atoms. The molecule has 1 aromatic carbocycles. The van der Waals surface area contributed by atoms with Crippen LogP contribution in [0.3, 0.4) is 0 Å². The van der Waals surface area contributed by atoms with Gasteiger partial charge in [-0.15, -0.1) is 5.10 Å². The minimum atomic E-state index is -3.78. The second-order valence-electron chi connectivity index (χ2n) is 7.81. The van der Waals surface area contributed by atoms with E-state index in [1.165, 1.54) is 22.9 Å². The van der Waals surface area contributed by atoms with Gasteiger partial charge in [-0.05, 0) is 44.2 Å². The van der Waals surface area contributed by atoms with Crippen LogP contribution in [0.4, 0.5) is 11.9 Å². The average Bonchev–Trinajstić information content (AvgIpc) is 3.28. The SMILES string of the molecule is N#Cc1ccccc1S(=O)(=O)N1CCC(C(=O)Nc2nc(N3CCCCC3)n[nH]2)CC1. The summed E-state index contributed by atoms with van der Waals surface area (Å²) in [6.07, 6.45) is 4.22. The van der Waals surface area contributed by atoms with Gasteiger partial charge in [-0.3, -0.25) is 10.1 Å². The van der Waals surface area contributed by atoms with E-state index in [-0.39, 0.29) is 35.4 Å². The maximum atomic E-state index is 12.9. The zero-order chi connectivity index (χ0) is 21.8. The molecule has 31 heavy (non-hydrogen) atoms. The van der Waals surface area contributed by atoms with Crippen LogP contribution in [-0.4, -0.2) is 60.0 Å². The first-order valence-electron chi connectivity index (χ1n) is 10.5. The number of aromatic amines is 1. The van der Waals surface area contributed by atoms with Gasteiger partial charge in [0, 0.05) is 32.1 Å². The number of rotatable bonds is 5. The van der Waals surface area contributed by atoms with Crippen molar-refractivity contribution < 1.29 is 13.2 Å². The highest BCUT2D eigenvalue weighted by atomic mass is 32.2. The molecular formula is C20H25N7O3S. The monoisotopic (exact) mass is 443 g/mol. The summed E-state index contributed by atoms with van der Waals surface area (Å²) >= 11 is 0. The van der Waals surface area contributed by atoms with Crippen LogP contribution < -0.4 is 10.2 Å². The predicted octanol–water partition coefficient (Wildman–Crippen LogP) is 1.71. The summed E-state index contributed by atoms with van der Waals surface area (Å²) in [5.41, 5.74) is 0.122. The summed E-state index contributed by atoms with van der Waals surface area (Å²) in [6.45, 7) is 2.26. The predicted molar refractivity (Wildman–Crippen MR) is 114 cm³/mol. The van der Waals surface area contributed by atoms with Crippen LogP contribution >= 0.6 is 0 Å². The molecule has 3 heterocycles. The molecule has 11 heteroatoms. The fraction of sp³-hybridized carbons (Fsp3) is 0.500. The first-order valence-corrected chi connectivity index (χ1v) is 11.9. The van der Waals surface area contributed by atoms with Gasteiger partial charge in [0.1, 0.15) is 6.07 Å². The highest BCUT2D eigenvalue weighted by Gasteiger charge is 2.33. The summed E-state index contributed by atoms with van der Waals surface area (Å²) in [7, 11) is -3.78. The third kappa shape index (κ3) is 4.55. The van der Waals surface area contributed by atoms with Gasteiger partial charge in [-0.2, -0.15) is 14.6 Å². The molecule has 2 fully saturated rings. The second-order valence-corrected chi connectivity index (χ2v) is 9.71. The first-order chi connectivity index (χ1) is 15.0. The van der Waals surface area contributed by atoms with Crippen molar-refractivity contribution in [3.05, 3.63) is 29.8 Å². The average molecular weight is 444 g/mol. The van der Waals surface area contributed by atoms with E-state index in [1.807, 2.05) is 6.07 Å². The van der Waals surface area contributed by atoms with Crippen molar-refractivity contribution >= 4 is 27.8 Å². The van der Waals surface area contributed by atoms with Gasteiger partial charge in [0.05, 0.1) is 10.5 Å². The molecule has 4 rings (SSSR count). The van der Waals surface area contributed by atoms with Crippen LogP contribution in [-0.2, 0) is 14.8 Å². The number of hydrogen-bond acceptors (Lipinski definition) is 7. The molecule has 2 saturated heterocycles. The number of anilines is 2. The number of benzene rings is 1. The summed E-state index contributed by atoms with van der Waals surface area (Å²) in [5.74, 6) is 0.382. The zero-order valence-corrected chi connectivity index (χ0v) is 17.9. The third-order valence-electron chi connectivity index (χ3n) is 5.80. The van der Waals surface area contributed by atoms with Crippen LogP contribution in [0, 0.1) is 17.2 Å². The van der Waals surface area contributed by atoms with E-state index in [0.717, 1.165) is 25.9 Å². The van der Waals surface area contributed by atoms with E-state index < -0.39 is 10.0 Å². The Balaban J connectivity index is 1.35. The zero-order valence-electron chi connectivity index (χ0n) is 17.1. The van der Waals surface area contributed by atoms with Gasteiger partial charge in [-0.25, -0.2) is 13.5 Å². The van der Waals surface area contributed by atoms with Gasteiger partial charge < -0.3 is 4.90 Å². The number of sulfonamides is 1. The molecule has 0 saturated carbocycles. The number of carbonyl (C=O) groups excluding carboxylic acids is 1. The molecular weight excluding hydrogens is 418 g/mol. The Morgan fingerprint density at radius 3 is 2.55 bits per heavy atom. The van der Waals surface area contributed by atoms with Crippen molar-refractivity contribution in [1.82, 2.24) is 19.5 Å². The third-order valence-corrected chi connectivity index (χ3v) is 7.76. The van der Waals surface area contributed by atoms with Gasteiger partial charge in [-0.1, -0.05) is 12.1 Å². The van der Waals surface area contributed by atoms with E-state index in [4.69, 9.17) is 0 Å². The standard InChI is InChI=1S/C20H25N7O3S/c21-14-16-6-2-3-7-17(16)31(29,30)27-12-8-15(9-13-27)18(28)22-19-23-20(25-24-19)26-10-4-1-5-11-26/h2-3,6-7,15H,1,4-5,8-13H2,(H2,22,23,24,25,28). The largest absolute Gasteiger partial charge is 0.340 e. The highest BCUT2D eigenvalue weighted by Crippen LogP contribution is 2.26. The Bertz CT molecular complexity index is 1080. The molecule has 1 aromatic heterocycles. The van der Waals surface area contributed by atoms with Crippen molar-refractivity contribution in [1.29, 1.82) is 5.26 Å². The lowest BCUT2D eigenvalue weighted by Gasteiger charge is -2.30. The van der Waals surface area contributed by atoms with Crippen molar-refractivity contribution in [2.45, 2.75) is 37.0 Å². The molecule has 2 aromatic rings. The maximum absolute atomic E-state index is 12.9. The molecule has 0 radical (unpaired) electrons. The molecule has 0 atom stereocenters. The number of H-pyrrole nitrogens is 1. The van der Waals surface area contributed by atoms with Crippen LogP contribution in [0.25, 0.3) is 0 Å². The number of amides is 1. The van der Waals surface area contributed by atoms with E-state index in [0.29, 0.717) is 24.7 Å². The lowest BCUT2D eigenvalue weighted by Crippen LogP contribution is -2.41. The normalized spacial score (nSPS) is 18.5. The molecule has 2 N–H and O–H groups in total. The number of nitrogens with one attached hydrogen (secondary N) is 2. The quantitative estimate of drug-likeness (QED) is 0.718. The minimum absolute atomic E-state index is 0.00676. The summed E-state index contributed by atoms with van der Waals surface area (Å²) < 4.78 is 27.2. The number of nitriles is 1. The summed E-state index contributed by atoms with van der Waals surface area (Å²) in [4.78, 5) is 19.1. The molecule has 0 spiro atoms. The topological polar surface area (TPSA) is 135 Å². The smallest absolute Gasteiger partial charge is 0.246 e. The molecule has 164 valence electrons. The Morgan fingerprint density at radius 1 is 1.13 bits per heavy atom. The van der Waals surface area contributed by atoms with Crippen molar-refractivity contribution in [3.8, 4) is 6.07 Å². The lowest BCUT2D eigenvalue weighted by atomic mass is 9.97. The number of aromatic nitrogens is 3. The van der Waals surface area contributed by atoms with Crippen LogP contribution in [0.1, 0.15) is 37.7 Å². The Labute approximate surface area is 181 Å². The van der Waals surface area contributed by atoms with Crippen molar-refractivity contribution in [3.63, 3.8) is 0 Å². The van der Waals surface area contributed by atoms with Gasteiger partial charge in [0.2, 0.25) is 27.8 Å². The second kappa shape index (κ2) is 9.03. The highest BCUT2D eigenvalue weighted by molar-refractivity contribution is 7.89. The fourth-order valence-electron chi connectivity index (χ4n) is 4.04.